The van der Waals surface area contributed by atoms with E-state index in [2.05, 4.69) is 29.4 Å². The zero-order valence-corrected chi connectivity index (χ0v) is 11.9. The van der Waals surface area contributed by atoms with Gasteiger partial charge < -0.3 is 11.1 Å². The minimum atomic E-state index is 0.00785. The number of nitrogens with zero attached hydrogens (tertiary/aromatic N) is 2. The van der Waals surface area contributed by atoms with Crippen LogP contribution in [0.25, 0.3) is 0 Å². The first-order valence-electron chi connectivity index (χ1n) is 7.25. The highest BCUT2D eigenvalue weighted by atomic mass is 16.2. The number of hydrogen-bond acceptors (Lipinski definition) is 3. The molecular formula is C15H22N4O. The van der Waals surface area contributed by atoms with Crippen LogP contribution in [-0.4, -0.2) is 44.2 Å². The summed E-state index contributed by atoms with van der Waals surface area (Å²) < 4.78 is 0. The van der Waals surface area contributed by atoms with Crippen molar-refractivity contribution in [3.05, 3.63) is 29.8 Å². The number of hydrogen-bond donors (Lipinski definition) is 2. The first-order valence-corrected chi connectivity index (χ1v) is 7.25. The molecule has 1 aromatic rings. The summed E-state index contributed by atoms with van der Waals surface area (Å²) in [5, 5.41) is 2.87. The third kappa shape index (κ3) is 2.27. The Bertz CT molecular complexity index is 504. The summed E-state index contributed by atoms with van der Waals surface area (Å²) in [4.78, 5) is 16.1. The van der Waals surface area contributed by atoms with E-state index in [9.17, 15) is 4.79 Å². The Balaban J connectivity index is 1.92. The van der Waals surface area contributed by atoms with Crippen LogP contribution in [0.3, 0.4) is 0 Å². The Morgan fingerprint density at radius 2 is 2.20 bits per heavy atom. The number of carbonyl (C=O) groups excluding carboxylic acids is 1. The molecule has 2 aliphatic rings. The zero-order chi connectivity index (χ0) is 14.1. The maximum atomic E-state index is 11.9. The molecule has 108 valence electrons. The van der Waals surface area contributed by atoms with Crippen LogP contribution in [0.15, 0.2) is 24.3 Å². The lowest BCUT2D eigenvalue weighted by Gasteiger charge is -2.25. The second kappa shape index (κ2) is 5.42. The van der Waals surface area contributed by atoms with Crippen LogP contribution in [0.1, 0.15) is 18.0 Å². The van der Waals surface area contributed by atoms with Crippen molar-refractivity contribution in [2.45, 2.75) is 12.5 Å². The van der Waals surface area contributed by atoms with E-state index in [4.69, 9.17) is 5.73 Å². The Morgan fingerprint density at radius 3 is 2.85 bits per heavy atom. The van der Waals surface area contributed by atoms with Gasteiger partial charge in [-0.3, -0.25) is 9.80 Å². The molecular weight excluding hydrogens is 252 g/mol. The molecule has 3 rings (SSSR count). The number of carbonyl (C=O) groups is 1. The highest BCUT2D eigenvalue weighted by molar-refractivity contribution is 5.94. The van der Waals surface area contributed by atoms with E-state index in [0.717, 1.165) is 38.3 Å². The highest BCUT2D eigenvalue weighted by Crippen LogP contribution is 2.38. The normalized spacial score (nSPS) is 27.1. The van der Waals surface area contributed by atoms with Gasteiger partial charge in [-0.1, -0.05) is 18.2 Å². The minimum Gasteiger partial charge on any atom is -0.336 e. The molecule has 2 amide bonds. The number of nitrogens with two attached hydrogens (primary N) is 1. The number of likely N-dealkylation sites (tertiary alicyclic amines) is 1. The van der Waals surface area contributed by atoms with Crippen molar-refractivity contribution in [1.82, 2.24) is 10.2 Å². The van der Waals surface area contributed by atoms with Crippen molar-refractivity contribution >= 4 is 11.7 Å². The number of anilines is 1. The lowest BCUT2D eigenvalue weighted by Crippen LogP contribution is -2.30. The summed E-state index contributed by atoms with van der Waals surface area (Å²) in [6.45, 7) is 3.22. The quantitative estimate of drug-likeness (QED) is 0.869. The Kier molecular flexibility index (Phi) is 3.63. The zero-order valence-electron chi connectivity index (χ0n) is 11.9. The Labute approximate surface area is 119 Å². The number of benzene rings is 1. The van der Waals surface area contributed by atoms with Gasteiger partial charge in [-0.2, -0.15) is 0 Å². The molecule has 0 radical (unpaired) electrons. The fourth-order valence-electron chi connectivity index (χ4n) is 3.36. The third-order valence-corrected chi connectivity index (χ3v) is 4.41. The van der Waals surface area contributed by atoms with Gasteiger partial charge in [0.1, 0.15) is 0 Å². The van der Waals surface area contributed by atoms with E-state index in [1.807, 2.05) is 17.0 Å². The number of urea groups is 1. The van der Waals surface area contributed by atoms with Crippen molar-refractivity contribution in [2.24, 2.45) is 11.7 Å². The average Bonchev–Trinajstić information content (AvgIpc) is 3.04. The van der Waals surface area contributed by atoms with Crippen molar-refractivity contribution in [2.75, 3.05) is 38.1 Å². The molecule has 0 bridgehead atoms. The third-order valence-electron chi connectivity index (χ3n) is 4.41. The summed E-state index contributed by atoms with van der Waals surface area (Å²) in [5.74, 6) is 0.547. The van der Waals surface area contributed by atoms with Crippen LogP contribution in [0.2, 0.25) is 0 Å². The molecule has 2 aliphatic heterocycles. The van der Waals surface area contributed by atoms with Crippen molar-refractivity contribution in [3.8, 4) is 0 Å². The van der Waals surface area contributed by atoms with Gasteiger partial charge in [-0.25, -0.2) is 4.79 Å². The molecule has 0 aromatic heterocycles. The molecule has 2 fully saturated rings. The number of nitrogens with one attached hydrogen (secondary N) is 1. The van der Waals surface area contributed by atoms with Crippen LogP contribution in [-0.2, 0) is 0 Å². The number of amides is 2. The molecule has 5 nitrogen and oxygen atoms in total. The van der Waals surface area contributed by atoms with E-state index in [1.165, 1.54) is 5.56 Å². The standard InChI is InChI=1S/C15H22N4O/c1-18-10-11(9-16)8-14(18)12-4-2-3-5-13(12)19-7-6-17-15(19)20/h2-5,11,14H,6-10,16H2,1H3,(H,17,20). The summed E-state index contributed by atoms with van der Waals surface area (Å²) in [6, 6.07) is 8.60. The van der Waals surface area contributed by atoms with E-state index >= 15 is 0 Å². The van der Waals surface area contributed by atoms with Gasteiger partial charge in [0.05, 0.1) is 5.69 Å². The smallest absolute Gasteiger partial charge is 0.322 e. The van der Waals surface area contributed by atoms with Crippen LogP contribution >= 0.6 is 0 Å². The molecule has 3 N–H and O–H groups in total. The van der Waals surface area contributed by atoms with Crippen LogP contribution in [0, 0.1) is 5.92 Å². The maximum absolute atomic E-state index is 11.9. The SMILES string of the molecule is CN1CC(CN)CC1c1ccccc1N1CCNC1=O. The molecule has 0 spiro atoms. The molecule has 2 atom stereocenters. The van der Waals surface area contributed by atoms with Crippen LogP contribution < -0.4 is 16.0 Å². The topological polar surface area (TPSA) is 61.6 Å². The predicted molar refractivity (Wildman–Crippen MR) is 79.7 cm³/mol. The van der Waals surface area contributed by atoms with Crippen LogP contribution in [0.5, 0.6) is 0 Å². The Morgan fingerprint density at radius 1 is 1.40 bits per heavy atom. The van der Waals surface area contributed by atoms with E-state index < -0.39 is 0 Å². The molecule has 1 aromatic carbocycles. The molecule has 2 saturated heterocycles. The van der Waals surface area contributed by atoms with Crippen molar-refractivity contribution < 1.29 is 4.79 Å². The lowest BCUT2D eigenvalue weighted by atomic mass is 9.98. The molecule has 2 unspecified atom stereocenters. The van der Waals surface area contributed by atoms with Gasteiger partial charge >= 0.3 is 6.03 Å². The van der Waals surface area contributed by atoms with Gasteiger partial charge in [-0.05, 0) is 37.6 Å². The summed E-state index contributed by atoms with van der Waals surface area (Å²) >= 11 is 0. The fourth-order valence-corrected chi connectivity index (χ4v) is 3.36. The number of rotatable bonds is 3. The van der Waals surface area contributed by atoms with Gasteiger partial charge in [0.2, 0.25) is 0 Å². The van der Waals surface area contributed by atoms with E-state index in [1.54, 1.807) is 0 Å². The van der Waals surface area contributed by atoms with Crippen molar-refractivity contribution in [1.29, 1.82) is 0 Å². The van der Waals surface area contributed by atoms with Gasteiger partial charge in [0.15, 0.2) is 0 Å². The lowest BCUT2D eigenvalue weighted by molar-refractivity contribution is 0.252. The minimum absolute atomic E-state index is 0.00785. The maximum Gasteiger partial charge on any atom is 0.322 e. The Hall–Kier alpha value is -1.59. The first kappa shape index (κ1) is 13.4. The monoisotopic (exact) mass is 274 g/mol. The average molecular weight is 274 g/mol. The van der Waals surface area contributed by atoms with Crippen LogP contribution in [0.4, 0.5) is 10.5 Å². The van der Waals surface area contributed by atoms with Crippen molar-refractivity contribution in [3.63, 3.8) is 0 Å². The second-order valence-electron chi connectivity index (χ2n) is 5.74. The summed E-state index contributed by atoms with van der Waals surface area (Å²) in [5.41, 5.74) is 8.10. The molecule has 0 aliphatic carbocycles. The largest absolute Gasteiger partial charge is 0.336 e. The van der Waals surface area contributed by atoms with Gasteiger partial charge in [0.25, 0.3) is 0 Å². The first-order chi connectivity index (χ1) is 9.70. The van der Waals surface area contributed by atoms with Gasteiger partial charge in [0, 0.05) is 25.7 Å². The molecule has 5 heteroatoms. The highest BCUT2D eigenvalue weighted by Gasteiger charge is 2.33. The van der Waals surface area contributed by atoms with Gasteiger partial charge in [-0.15, -0.1) is 0 Å². The fraction of sp³-hybridized carbons (Fsp3) is 0.533. The molecule has 2 heterocycles. The number of para-hydroxylation sites is 1. The second-order valence-corrected chi connectivity index (χ2v) is 5.74. The molecule has 20 heavy (non-hydrogen) atoms. The van der Waals surface area contributed by atoms with E-state index in [-0.39, 0.29) is 6.03 Å². The predicted octanol–water partition coefficient (Wildman–Crippen LogP) is 1.17. The summed E-state index contributed by atoms with van der Waals surface area (Å²) in [6.07, 6.45) is 1.07. The van der Waals surface area contributed by atoms with E-state index in [0.29, 0.717) is 12.0 Å². The summed E-state index contributed by atoms with van der Waals surface area (Å²) in [7, 11) is 2.14. The molecule has 0 saturated carbocycles.